The Morgan fingerprint density at radius 1 is 1.32 bits per heavy atom. The van der Waals surface area contributed by atoms with Crippen LogP contribution in [0.3, 0.4) is 0 Å². The molecule has 0 amide bonds. The van der Waals surface area contributed by atoms with Crippen molar-refractivity contribution in [2.24, 2.45) is 0 Å². The van der Waals surface area contributed by atoms with Gasteiger partial charge < -0.3 is 19.5 Å². The molecule has 166 valence electrons. The molecule has 2 aromatic rings. The van der Waals surface area contributed by atoms with Gasteiger partial charge in [0.1, 0.15) is 30.3 Å². The van der Waals surface area contributed by atoms with E-state index in [1.807, 2.05) is 4.98 Å². The van der Waals surface area contributed by atoms with Gasteiger partial charge in [-0.25, -0.2) is 9.36 Å². The van der Waals surface area contributed by atoms with Gasteiger partial charge in [0, 0.05) is 12.3 Å². The van der Waals surface area contributed by atoms with E-state index < -0.39 is 49.9 Å². The van der Waals surface area contributed by atoms with E-state index in [9.17, 15) is 24.1 Å². The number of para-hydroxylation sites is 1. The number of benzene rings is 1. The number of nitrogens with zero attached hydrogens (tertiary/aromatic N) is 1. The number of carboxylic acids is 1. The Morgan fingerprint density at radius 3 is 2.68 bits per heavy atom. The van der Waals surface area contributed by atoms with Crippen molar-refractivity contribution in [2.45, 2.75) is 25.3 Å². The molecule has 0 bridgehead atoms. The van der Waals surface area contributed by atoms with E-state index in [1.165, 1.54) is 25.1 Å². The number of rotatable bonds is 9. The van der Waals surface area contributed by atoms with Crippen LogP contribution in [0.25, 0.3) is 0 Å². The lowest BCUT2D eigenvalue weighted by atomic mass is 10.3. The molecule has 0 unspecified atom stereocenters. The Morgan fingerprint density at radius 2 is 2.03 bits per heavy atom. The minimum Gasteiger partial charge on any atom is -0.480 e. The predicted molar refractivity (Wildman–Crippen MR) is 106 cm³/mol. The van der Waals surface area contributed by atoms with Gasteiger partial charge >= 0.3 is 19.4 Å². The second-order valence-electron chi connectivity index (χ2n) is 6.51. The number of aromatic amines is 1. The van der Waals surface area contributed by atoms with Crippen LogP contribution in [-0.4, -0.2) is 44.5 Å². The van der Waals surface area contributed by atoms with Crippen LogP contribution < -0.4 is 20.9 Å². The van der Waals surface area contributed by atoms with Gasteiger partial charge in [0.2, 0.25) is 6.23 Å². The first-order valence-corrected chi connectivity index (χ1v) is 10.6. The van der Waals surface area contributed by atoms with Crippen LogP contribution in [0.2, 0.25) is 0 Å². The molecule has 0 aliphatic carbocycles. The SMILES string of the molecule is C[C@H](N[P@](=O)(OCC1=C[C@@H](O)[C@H](n2ccc(=O)[nH]c2=O)O1)Oc1ccccc1)C(=O)O. The predicted octanol–water partition coefficient (Wildman–Crippen LogP) is 0.577. The number of aliphatic hydroxyl groups excluding tert-OH is 1. The van der Waals surface area contributed by atoms with Crippen molar-refractivity contribution in [3.05, 3.63) is 75.3 Å². The molecule has 4 N–H and O–H groups in total. The molecule has 1 aromatic heterocycles. The minimum atomic E-state index is -4.18. The summed E-state index contributed by atoms with van der Waals surface area (Å²) in [5.41, 5.74) is -1.40. The van der Waals surface area contributed by atoms with Crippen LogP contribution in [0, 0.1) is 0 Å². The third-order valence-electron chi connectivity index (χ3n) is 4.11. The highest BCUT2D eigenvalue weighted by Crippen LogP contribution is 2.45. The fourth-order valence-electron chi connectivity index (χ4n) is 2.62. The molecular weight excluding hydrogens is 433 g/mol. The Balaban J connectivity index is 1.72. The van der Waals surface area contributed by atoms with Crippen LogP contribution in [-0.2, 0) is 18.6 Å². The zero-order valence-corrected chi connectivity index (χ0v) is 17.1. The molecule has 1 aliphatic heterocycles. The number of aromatic nitrogens is 2. The van der Waals surface area contributed by atoms with E-state index in [2.05, 4.69) is 5.09 Å². The number of H-pyrrole nitrogens is 1. The summed E-state index contributed by atoms with van der Waals surface area (Å²) < 4.78 is 30.3. The quantitative estimate of drug-likeness (QED) is 0.394. The highest BCUT2D eigenvalue weighted by Gasteiger charge is 2.35. The van der Waals surface area contributed by atoms with Crippen molar-refractivity contribution in [3.63, 3.8) is 0 Å². The summed E-state index contributed by atoms with van der Waals surface area (Å²) >= 11 is 0. The molecule has 12 nitrogen and oxygen atoms in total. The van der Waals surface area contributed by atoms with Gasteiger partial charge in [-0.05, 0) is 25.1 Å². The van der Waals surface area contributed by atoms with Gasteiger partial charge in [0.05, 0.1) is 0 Å². The van der Waals surface area contributed by atoms with E-state index in [-0.39, 0.29) is 11.5 Å². The van der Waals surface area contributed by atoms with Gasteiger partial charge in [-0.1, -0.05) is 18.2 Å². The first-order chi connectivity index (χ1) is 14.7. The van der Waals surface area contributed by atoms with Crippen LogP contribution in [0.4, 0.5) is 0 Å². The second kappa shape index (κ2) is 9.31. The number of nitrogens with one attached hydrogen (secondary N) is 2. The summed E-state index contributed by atoms with van der Waals surface area (Å²) in [7, 11) is -4.18. The molecule has 1 aromatic carbocycles. The first-order valence-electron chi connectivity index (χ1n) is 9.03. The lowest BCUT2D eigenvalue weighted by molar-refractivity contribution is -0.138. The lowest BCUT2D eigenvalue weighted by Gasteiger charge is -2.22. The maximum absolute atomic E-state index is 13.1. The molecule has 3 rings (SSSR count). The van der Waals surface area contributed by atoms with Gasteiger partial charge in [0.15, 0.2) is 0 Å². The summed E-state index contributed by atoms with van der Waals surface area (Å²) in [5, 5.41) is 21.6. The van der Waals surface area contributed by atoms with Crippen LogP contribution in [0.15, 0.2) is 64.0 Å². The number of hydrogen-bond donors (Lipinski definition) is 4. The average molecular weight is 453 g/mol. The second-order valence-corrected chi connectivity index (χ2v) is 8.21. The standard InChI is InChI=1S/C18H20N3O9P/c1-11(17(24)25)20-31(27,30-12-5-3-2-4-6-12)28-10-13-9-14(22)16(29-13)21-8-7-15(23)19-18(21)26/h2-9,11,14,16,22H,10H2,1H3,(H,20,27)(H,24,25)(H,19,23,26)/t11-,14+,16+,31-/m0/s1. The van der Waals surface area contributed by atoms with E-state index in [1.54, 1.807) is 18.2 Å². The largest absolute Gasteiger partial charge is 0.480 e. The van der Waals surface area contributed by atoms with Crippen molar-refractivity contribution in [2.75, 3.05) is 6.61 Å². The molecule has 0 spiro atoms. The topological polar surface area (TPSA) is 169 Å². The fourth-order valence-corrected chi connectivity index (χ4v) is 4.08. The highest BCUT2D eigenvalue weighted by molar-refractivity contribution is 7.52. The number of aliphatic hydroxyl groups is 1. The molecular formula is C18H20N3O9P. The highest BCUT2D eigenvalue weighted by atomic mass is 31.2. The van der Waals surface area contributed by atoms with Gasteiger partial charge in [-0.3, -0.25) is 23.7 Å². The smallest absolute Gasteiger partial charge is 0.459 e. The maximum atomic E-state index is 13.1. The Bertz CT molecular complexity index is 1130. The van der Waals surface area contributed by atoms with Crippen molar-refractivity contribution >= 4 is 13.7 Å². The molecule has 0 saturated carbocycles. The van der Waals surface area contributed by atoms with Gasteiger partial charge in [-0.2, -0.15) is 5.09 Å². The normalized spacial score (nSPS) is 20.9. The number of carboxylic acid groups (broad SMARTS) is 1. The van der Waals surface area contributed by atoms with Crippen molar-refractivity contribution < 1.29 is 33.4 Å². The third kappa shape index (κ3) is 5.70. The number of aliphatic carboxylic acids is 1. The summed E-state index contributed by atoms with van der Waals surface area (Å²) in [6.45, 7) is 0.801. The van der Waals surface area contributed by atoms with Crippen LogP contribution in [0.1, 0.15) is 13.2 Å². The zero-order valence-electron chi connectivity index (χ0n) is 16.2. The van der Waals surface area contributed by atoms with E-state index >= 15 is 0 Å². The lowest BCUT2D eigenvalue weighted by Crippen LogP contribution is -2.35. The number of ether oxygens (including phenoxy) is 1. The Hall–Kier alpha value is -3.18. The maximum Gasteiger partial charge on any atom is 0.459 e. The van der Waals surface area contributed by atoms with E-state index in [0.717, 1.165) is 16.8 Å². The zero-order chi connectivity index (χ0) is 22.6. The summed E-state index contributed by atoms with van der Waals surface area (Å²) in [5.74, 6) is -1.07. The molecule has 0 saturated heterocycles. The average Bonchev–Trinajstić information content (AvgIpc) is 3.07. The molecule has 0 radical (unpaired) electrons. The monoisotopic (exact) mass is 453 g/mol. The van der Waals surface area contributed by atoms with Crippen molar-refractivity contribution in [3.8, 4) is 5.75 Å². The number of carbonyl (C=O) groups is 1. The fraction of sp³-hybridized carbons (Fsp3) is 0.278. The molecule has 1 aliphatic rings. The summed E-state index contributed by atoms with van der Waals surface area (Å²) in [6, 6.07) is 7.82. The third-order valence-corrected chi connectivity index (χ3v) is 5.74. The Labute approximate surface area is 175 Å². The summed E-state index contributed by atoms with van der Waals surface area (Å²) in [6.07, 6.45) is -0.0483. The van der Waals surface area contributed by atoms with Crippen molar-refractivity contribution in [1.82, 2.24) is 14.6 Å². The first kappa shape index (κ1) is 22.5. The Kier molecular flexibility index (Phi) is 6.76. The number of hydrogen-bond acceptors (Lipinski definition) is 8. The minimum absolute atomic E-state index is 0.0252. The summed E-state index contributed by atoms with van der Waals surface area (Å²) in [4.78, 5) is 36.3. The molecule has 31 heavy (non-hydrogen) atoms. The van der Waals surface area contributed by atoms with E-state index in [4.69, 9.17) is 18.9 Å². The molecule has 2 heterocycles. The molecule has 4 atom stereocenters. The molecule has 13 heteroatoms. The van der Waals surface area contributed by atoms with Gasteiger partial charge in [0.25, 0.3) is 5.56 Å². The van der Waals surface area contributed by atoms with Gasteiger partial charge in [-0.15, -0.1) is 0 Å². The van der Waals surface area contributed by atoms with E-state index in [0.29, 0.717) is 0 Å². The van der Waals surface area contributed by atoms with Crippen LogP contribution in [0.5, 0.6) is 5.75 Å². The van der Waals surface area contributed by atoms with Crippen molar-refractivity contribution in [1.29, 1.82) is 0 Å². The van der Waals surface area contributed by atoms with Crippen LogP contribution >= 0.6 is 7.75 Å². The molecule has 0 fully saturated rings.